The summed E-state index contributed by atoms with van der Waals surface area (Å²) in [7, 11) is 0. The van der Waals surface area contributed by atoms with E-state index in [0.717, 1.165) is 32.8 Å². The number of hydrogen-bond donors (Lipinski definition) is 1. The first-order chi connectivity index (χ1) is 18.6. The second-order valence-electron chi connectivity index (χ2n) is 10.5. The van der Waals surface area contributed by atoms with E-state index in [0.29, 0.717) is 5.69 Å². The molecule has 0 saturated carbocycles. The Morgan fingerprint density at radius 3 is 2.20 bits per heavy atom. The van der Waals surface area contributed by atoms with Crippen molar-refractivity contribution in [2.24, 2.45) is 0 Å². The zero-order chi connectivity index (χ0) is 28.2. The van der Waals surface area contributed by atoms with E-state index < -0.39 is 13.3 Å². The molecule has 1 radical (unpaired) electrons. The molecule has 1 aromatic heterocycles. The van der Waals surface area contributed by atoms with Crippen molar-refractivity contribution in [1.29, 1.82) is 0 Å². The van der Waals surface area contributed by atoms with Crippen LogP contribution in [0.3, 0.4) is 0 Å². The van der Waals surface area contributed by atoms with Gasteiger partial charge in [-0.1, -0.05) is 17.5 Å². The molecule has 5 rings (SSSR count). The van der Waals surface area contributed by atoms with Crippen molar-refractivity contribution < 1.29 is 30.0 Å². The summed E-state index contributed by atoms with van der Waals surface area (Å²) in [6.45, 7) is 10.5. The molecule has 0 aliphatic rings. The molecule has 0 amide bonds. The Bertz CT molecular complexity index is 1740. The maximum absolute atomic E-state index is 10.0. The van der Waals surface area contributed by atoms with E-state index in [9.17, 15) is 4.79 Å². The third-order valence-corrected chi connectivity index (χ3v) is 10.7. The summed E-state index contributed by atoms with van der Waals surface area (Å²) >= 11 is -1.81. The number of pyridine rings is 1. The first kappa shape index (κ1) is 31.0. The van der Waals surface area contributed by atoms with E-state index in [2.05, 4.69) is 81.7 Å². The fraction of sp³-hybridized carbons (Fsp3) is 0.147. The van der Waals surface area contributed by atoms with Gasteiger partial charge >= 0.3 is 151 Å². The number of aromatic nitrogens is 1. The fourth-order valence-corrected chi connectivity index (χ4v) is 6.91. The van der Waals surface area contributed by atoms with Crippen LogP contribution in [0.5, 0.6) is 0 Å². The molecule has 0 aliphatic carbocycles. The minimum Gasteiger partial charge on any atom is -0.120 e. The molecule has 0 saturated heterocycles. The molecule has 203 valence electrons. The Hall–Kier alpha value is -3.56. The summed E-state index contributed by atoms with van der Waals surface area (Å²) in [6, 6.07) is 31.0. The summed E-state index contributed by atoms with van der Waals surface area (Å²) in [5.41, 5.74) is 4.78. The quantitative estimate of drug-likeness (QED) is 0.0864. The second-order valence-corrected chi connectivity index (χ2v) is 21.2. The molecule has 6 heteroatoms. The molecule has 1 heterocycles. The van der Waals surface area contributed by atoms with Gasteiger partial charge in [0.15, 0.2) is 5.78 Å². The monoisotopic (exact) mass is 766 g/mol. The van der Waals surface area contributed by atoms with Crippen LogP contribution < -0.4 is 4.40 Å². The SMILES string of the molecule is CC(=O)/C=C(/C)O.[C-]#[N+]c1cc(-c2nccc3cc(-c4cc[c]([Ge]([CH3])([CH3])[CH3])cc4)ccc23)[c-]c2ccccc12.[Ir]. The Morgan fingerprint density at radius 2 is 1.60 bits per heavy atom. The van der Waals surface area contributed by atoms with Gasteiger partial charge in [0.1, 0.15) is 0 Å². The van der Waals surface area contributed by atoms with E-state index >= 15 is 0 Å². The van der Waals surface area contributed by atoms with E-state index in [1.165, 1.54) is 35.4 Å². The summed E-state index contributed by atoms with van der Waals surface area (Å²) in [5.74, 6) is 7.20. The van der Waals surface area contributed by atoms with Crippen LogP contribution in [0.15, 0.2) is 96.9 Å². The average Bonchev–Trinajstić information content (AvgIpc) is 2.91. The average molecular weight is 764 g/mol. The van der Waals surface area contributed by atoms with Crippen molar-refractivity contribution in [1.82, 2.24) is 4.98 Å². The number of carbonyl (C=O) groups excluding carboxylic acids is 1. The smallest absolute Gasteiger partial charge is 0.120 e. The molecule has 0 spiro atoms. The van der Waals surface area contributed by atoms with Gasteiger partial charge in [-0.3, -0.25) is 9.64 Å². The summed E-state index contributed by atoms with van der Waals surface area (Å²) in [6.07, 6.45) is 3.01. The molecule has 0 atom stereocenters. The third kappa shape index (κ3) is 7.34. The van der Waals surface area contributed by atoms with Crippen LogP contribution >= 0.6 is 0 Å². The molecular formula is C34H31GeIrN2O2-. The summed E-state index contributed by atoms with van der Waals surface area (Å²) in [5, 5.41) is 12.4. The summed E-state index contributed by atoms with van der Waals surface area (Å²) in [4.78, 5) is 18.4. The zero-order valence-corrected chi connectivity index (χ0v) is 27.7. The number of rotatable bonds is 4. The van der Waals surface area contributed by atoms with Crippen LogP contribution in [0.1, 0.15) is 13.8 Å². The van der Waals surface area contributed by atoms with Crippen LogP contribution in [-0.2, 0) is 24.9 Å². The molecule has 0 fully saturated rings. The molecule has 4 nitrogen and oxygen atoms in total. The van der Waals surface area contributed by atoms with Gasteiger partial charge in [0.05, 0.1) is 12.3 Å². The Balaban J connectivity index is 0.000000492. The van der Waals surface area contributed by atoms with Crippen molar-refractivity contribution in [3.05, 3.63) is 114 Å². The second kappa shape index (κ2) is 13.2. The topological polar surface area (TPSA) is 54.5 Å². The predicted molar refractivity (Wildman–Crippen MR) is 165 cm³/mol. The van der Waals surface area contributed by atoms with Crippen molar-refractivity contribution in [3.8, 4) is 22.4 Å². The summed E-state index contributed by atoms with van der Waals surface area (Å²) < 4.78 is 1.52. The van der Waals surface area contributed by atoms with Gasteiger partial charge in [-0.05, 0) is 13.8 Å². The van der Waals surface area contributed by atoms with Gasteiger partial charge in [0.2, 0.25) is 0 Å². The van der Waals surface area contributed by atoms with Gasteiger partial charge in [0.25, 0.3) is 0 Å². The van der Waals surface area contributed by atoms with Crippen LogP contribution in [-0.4, -0.2) is 29.1 Å². The van der Waals surface area contributed by atoms with Crippen molar-refractivity contribution in [2.75, 3.05) is 0 Å². The zero-order valence-electron chi connectivity index (χ0n) is 23.2. The number of benzene rings is 4. The van der Waals surface area contributed by atoms with Crippen molar-refractivity contribution in [3.63, 3.8) is 0 Å². The number of hydrogen-bond acceptors (Lipinski definition) is 3. The number of aliphatic hydroxyl groups excluding tert-OH is 1. The van der Waals surface area contributed by atoms with Gasteiger partial charge < -0.3 is 5.11 Å². The fourth-order valence-electron chi connectivity index (χ4n) is 4.46. The van der Waals surface area contributed by atoms with Crippen molar-refractivity contribution >= 4 is 50.7 Å². The van der Waals surface area contributed by atoms with Crippen LogP contribution in [0, 0.1) is 12.6 Å². The molecular weight excluding hydrogens is 733 g/mol. The normalized spacial score (nSPS) is 11.2. The molecule has 5 aromatic rings. The molecule has 0 bridgehead atoms. The predicted octanol–water partition coefficient (Wildman–Crippen LogP) is 8.65. The molecule has 0 aliphatic heterocycles. The minimum atomic E-state index is -1.81. The molecule has 1 N–H and O–H groups in total. The number of nitrogens with zero attached hydrogens (tertiary/aromatic N) is 2. The number of ketones is 1. The van der Waals surface area contributed by atoms with Gasteiger partial charge in [-0.25, -0.2) is 0 Å². The first-order valence-electron chi connectivity index (χ1n) is 12.8. The van der Waals surface area contributed by atoms with E-state index in [4.69, 9.17) is 11.7 Å². The van der Waals surface area contributed by atoms with Gasteiger partial charge in [-0.2, -0.15) is 0 Å². The first-order valence-corrected chi connectivity index (χ1v) is 20.1. The molecule has 0 unspecified atom stereocenters. The minimum absolute atomic E-state index is 0. The van der Waals surface area contributed by atoms with Crippen LogP contribution in [0.25, 0.3) is 48.8 Å². The Labute approximate surface area is 252 Å². The van der Waals surface area contributed by atoms with E-state index in [1.807, 2.05) is 36.5 Å². The number of carbonyl (C=O) groups is 1. The molecule has 4 aromatic carbocycles. The Morgan fingerprint density at radius 1 is 0.925 bits per heavy atom. The standard InChI is InChI=1S/C29H23GeN2.C5H8O2.Ir/c1-30(2,3)25-12-9-20(10-13-25)21-11-14-27-23(17-21)15-16-32-29(27)24-18-22-7-5-6-8-26(22)28(19-24)31-4;1-4(6)3-5(2)7;/h5-17,19H,1-3H3;3,6H,1-2H3;/q-1;;/b;4-3-;. The van der Waals surface area contributed by atoms with E-state index in [1.54, 1.807) is 0 Å². The number of allylic oxidation sites excluding steroid dienone is 2. The van der Waals surface area contributed by atoms with Crippen LogP contribution in [0.4, 0.5) is 5.69 Å². The van der Waals surface area contributed by atoms with Gasteiger partial charge in [-0.15, -0.1) is 12.1 Å². The Kier molecular flexibility index (Phi) is 10.2. The maximum atomic E-state index is 10.0. The number of aliphatic hydroxyl groups is 1. The number of fused-ring (bicyclic) bond motifs is 2. The van der Waals surface area contributed by atoms with Crippen molar-refractivity contribution in [2.45, 2.75) is 31.1 Å². The third-order valence-electron chi connectivity index (χ3n) is 6.39. The van der Waals surface area contributed by atoms with E-state index in [-0.39, 0.29) is 31.6 Å². The molecule has 40 heavy (non-hydrogen) atoms. The van der Waals surface area contributed by atoms with Gasteiger partial charge in [0, 0.05) is 26.2 Å². The van der Waals surface area contributed by atoms with Crippen LogP contribution in [0.2, 0.25) is 17.3 Å².